The number of hydrogen-bond acceptors (Lipinski definition) is 3. The van der Waals surface area contributed by atoms with Crippen LogP contribution in [-0.4, -0.2) is 19.4 Å². The summed E-state index contributed by atoms with van der Waals surface area (Å²) < 4.78 is 18.3. The lowest BCUT2D eigenvalue weighted by molar-refractivity contribution is 0.0998. The Morgan fingerprint density at radius 3 is 2.73 bits per heavy atom. The van der Waals surface area contributed by atoms with Gasteiger partial charge in [0.15, 0.2) is 5.78 Å². The van der Waals surface area contributed by atoms with Crippen LogP contribution in [0.4, 0.5) is 4.39 Å². The molecule has 1 aromatic carbocycles. The molecule has 2 N–H and O–H groups in total. The third-order valence-electron chi connectivity index (χ3n) is 2.09. The molecule has 0 aliphatic rings. The van der Waals surface area contributed by atoms with Crippen LogP contribution < -0.4 is 10.5 Å². The highest BCUT2D eigenvalue weighted by molar-refractivity contribution is 6.31. The summed E-state index contributed by atoms with van der Waals surface area (Å²) in [7, 11) is 1.36. The minimum Gasteiger partial charge on any atom is -0.496 e. The van der Waals surface area contributed by atoms with E-state index in [0.29, 0.717) is 0 Å². The topological polar surface area (TPSA) is 52.3 Å². The molecule has 0 bridgehead atoms. The molecule has 0 unspecified atom stereocenters. The Kier molecular flexibility index (Phi) is 3.66. The Morgan fingerprint density at radius 1 is 1.67 bits per heavy atom. The van der Waals surface area contributed by atoms with Gasteiger partial charge in [0.25, 0.3) is 0 Å². The maximum absolute atomic E-state index is 13.4. The van der Waals surface area contributed by atoms with Crippen LogP contribution in [0.3, 0.4) is 0 Å². The van der Waals surface area contributed by atoms with Crippen molar-refractivity contribution in [1.82, 2.24) is 0 Å². The van der Waals surface area contributed by atoms with E-state index < -0.39 is 5.82 Å². The fraction of sp³-hybridized carbons (Fsp3) is 0.300. The zero-order valence-electron chi connectivity index (χ0n) is 8.43. The number of ketones is 1. The van der Waals surface area contributed by atoms with Crippen molar-refractivity contribution in [2.45, 2.75) is 6.92 Å². The number of nitrogens with two attached hydrogens (primary N) is 1. The predicted octanol–water partition coefficient (Wildman–Crippen LogP) is 1.94. The van der Waals surface area contributed by atoms with E-state index in [1.807, 2.05) is 0 Å². The third kappa shape index (κ3) is 2.11. The zero-order valence-corrected chi connectivity index (χ0v) is 9.19. The molecule has 0 saturated carbocycles. The van der Waals surface area contributed by atoms with Gasteiger partial charge >= 0.3 is 0 Å². The monoisotopic (exact) mass is 231 g/mol. The first-order valence-corrected chi connectivity index (χ1v) is 4.66. The molecule has 0 atom stereocenters. The molecule has 0 fully saturated rings. The van der Waals surface area contributed by atoms with Gasteiger partial charge in [0.2, 0.25) is 0 Å². The van der Waals surface area contributed by atoms with E-state index in [1.54, 1.807) is 0 Å². The normalized spacial score (nSPS) is 10.2. The van der Waals surface area contributed by atoms with Crippen LogP contribution in [0, 0.1) is 12.7 Å². The van der Waals surface area contributed by atoms with Gasteiger partial charge in [-0.3, -0.25) is 4.79 Å². The van der Waals surface area contributed by atoms with Crippen LogP contribution in [0.15, 0.2) is 6.07 Å². The van der Waals surface area contributed by atoms with E-state index in [4.69, 9.17) is 22.1 Å². The van der Waals surface area contributed by atoms with Gasteiger partial charge in [-0.05, 0) is 13.0 Å². The number of hydrogen-bond donors (Lipinski definition) is 1. The van der Waals surface area contributed by atoms with E-state index in [0.717, 1.165) is 0 Å². The highest BCUT2D eigenvalue weighted by atomic mass is 35.5. The molecular weight excluding hydrogens is 221 g/mol. The van der Waals surface area contributed by atoms with Crippen molar-refractivity contribution in [2.24, 2.45) is 5.73 Å². The second-order valence-corrected chi connectivity index (χ2v) is 3.41. The second kappa shape index (κ2) is 4.59. The summed E-state index contributed by atoms with van der Waals surface area (Å²) in [6.45, 7) is 1.32. The van der Waals surface area contributed by atoms with Crippen molar-refractivity contribution in [3.05, 3.63) is 28.0 Å². The summed E-state index contributed by atoms with van der Waals surface area (Å²) in [5.41, 5.74) is 5.65. The van der Waals surface area contributed by atoms with E-state index in [-0.39, 0.29) is 34.2 Å². The second-order valence-electron chi connectivity index (χ2n) is 3.01. The fourth-order valence-electron chi connectivity index (χ4n) is 1.32. The van der Waals surface area contributed by atoms with Crippen molar-refractivity contribution in [3.63, 3.8) is 0 Å². The highest BCUT2D eigenvalue weighted by Crippen LogP contribution is 2.31. The quantitative estimate of drug-likeness (QED) is 0.809. The van der Waals surface area contributed by atoms with Gasteiger partial charge in [0.05, 0.1) is 24.2 Å². The number of ether oxygens (including phenoxy) is 1. The molecule has 0 heterocycles. The molecule has 0 amide bonds. The van der Waals surface area contributed by atoms with E-state index in [9.17, 15) is 9.18 Å². The summed E-state index contributed by atoms with van der Waals surface area (Å²) in [5.74, 6) is -0.730. The van der Waals surface area contributed by atoms with Gasteiger partial charge in [-0.2, -0.15) is 0 Å². The van der Waals surface area contributed by atoms with E-state index in [2.05, 4.69) is 0 Å². The zero-order chi connectivity index (χ0) is 11.6. The Morgan fingerprint density at radius 2 is 2.27 bits per heavy atom. The first-order chi connectivity index (χ1) is 7.02. The van der Waals surface area contributed by atoms with Crippen LogP contribution in [0.5, 0.6) is 5.75 Å². The van der Waals surface area contributed by atoms with E-state index in [1.165, 1.54) is 20.1 Å². The summed E-state index contributed by atoms with van der Waals surface area (Å²) in [6, 6.07) is 1.23. The molecule has 0 spiro atoms. The first kappa shape index (κ1) is 11.9. The smallest absolute Gasteiger partial charge is 0.180 e. The Hall–Kier alpha value is -1.13. The Bertz CT molecular complexity index is 407. The number of halogens is 2. The molecule has 82 valence electrons. The minimum atomic E-state index is -0.581. The highest BCUT2D eigenvalue weighted by Gasteiger charge is 2.18. The standard InChI is InChI=1S/C10H11ClFNO2/c1-5-9(12)7(11)3-6(8(14)4-13)10(5)15-2/h3H,4,13H2,1-2H3. The number of Topliss-reactive ketones (excluding diaryl/α,β-unsaturated/α-hetero) is 1. The molecule has 5 heteroatoms. The minimum absolute atomic E-state index is 0.106. The fourth-order valence-corrected chi connectivity index (χ4v) is 1.57. The maximum atomic E-state index is 13.4. The van der Waals surface area contributed by atoms with Gasteiger partial charge in [-0.25, -0.2) is 4.39 Å². The van der Waals surface area contributed by atoms with Crippen molar-refractivity contribution < 1.29 is 13.9 Å². The molecular formula is C10H11ClFNO2. The average Bonchev–Trinajstić information content (AvgIpc) is 2.24. The van der Waals surface area contributed by atoms with Crippen LogP contribution in [0.25, 0.3) is 0 Å². The van der Waals surface area contributed by atoms with Crippen LogP contribution in [-0.2, 0) is 0 Å². The summed E-state index contributed by atoms with van der Waals surface area (Å²) in [5, 5.41) is -0.106. The van der Waals surface area contributed by atoms with Crippen molar-refractivity contribution in [2.75, 3.05) is 13.7 Å². The van der Waals surface area contributed by atoms with Gasteiger partial charge in [-0.15, -0.1) is 0 Å². The van der Waals surface area contributed by atoms with Crippen molar-refractivity contribution >= 4 is 17.4 Å². The number of carbonyl (C=O) groups excluding carboxylic acids is 1. The van der Waals surface area contributed by atoms with Crippen molar-refractivity contribution in [3.8, 4) is 5.75 Å². The number of carbonyl (C=O) groups is 1. The lowest BCUT2D eigenvalue weighted by atomic mass is 10.1. The lowest BCUT2D eigenvalue weighted by Gasteiger charge is -2.11. The molecule has 1 aromatic rings. The maximum Gasteiger partial charge on any atom is 0.180 e. The molecule has 15 heavy (non-hydrogen) atoms. The van der Waals surface area contributed by atoms with Crippen LogP contribution in [0.2, 0.25) is 5.02 Å². The Balaban J connectivity index is 3.45. The average molecular weight is 232 g/mol. The molecule has 0 saturated heterocycles. The third-order valence-corrected chi connectivity index (χ3v) is 2.36. The largest absolute Gasteiger partial charge is 0.496 e. The molecule has 0 aromatic heterocycles. The summed E-state index contributed by atoms with van der Waals surface area (Å²) in [6.07, 6.45) is 0. The Labute approximate surface area is 92.0 Å². The van der Waals surface area contributed by atoms with Crippen LogP contribution in [0.1, 0.15) is 15.9 Å². The van der Waals surface area contributed by atoms with Gasteiger partial charge in [0.1, 0.15) is 11.6 Å². The number of methoxy groups -OCH3 is 1. The van der Waals surface area contributed by atoms with Crippen molar-refractivity contribution in [1.29, 1.82) is 0 Å². The van der Waals surface area contributed by atoms with Gasteiger partial charge < -0.3 is 10.5 Å². The summed E-state index contributed by atoms with van der Waals surface area (Å²) in [4.78, 5) is 11.4. The number of benzene rings is 1. The molecule has 3 nitrogen and oxygen atoms in total. The molecule has 0 radical (unpaired) electrons. The molecule has 0 aliphatic heterocycles. The van der Waals surface area contributed by atoms with Gasteiger partial charge in [0, 0.05) is 5.56 Å². The van der Waals surface area contributed by atoms with E-state index >= 15 is 0 Å². The first-order valence-electron chi connectivity index (χ1n) is 4.28. The lowest BCUT2D eigenvalue weighted by Crippen LogP contribution is -2.15. The van der Waals surface area contributed by atoms with Crippen LogP contribution >= 0.6 is 11.6 Å². The summed E-state index contributed by atoms with van der Waals surface area (Å²) >= 11 is 5.63. The molecule has 1 rings (SSSR count). The van der Waals surface area contributed by atoms with Gasteiger partial charge in [-0.1, -0.05) is 11.6 Å². The SMILES string of the molecule is COc1c(C(=O)CN)cc(Cl)c(F)c1C. The predicted molar refractivity (Wildman–Crippen MR) is 56.1 cm³/mol. The number of rotatable bonds is 3. The molecule has 0 aliphatic carbocycles.